The molecule has 1 fully saturated rings. The number of anilines is 1. The minimum atomic E-state index is -1.04. The van der Waals surface area contributed by atoms with Crippen LogP contribution in [0.2, 0.25) is 0 Å². The Morgan fingerprint density at radius 3 is 2.42 bits per heavy atom. The molecule has 1 saturated heterocycles. The summed E-state index contributed by atoms with van der Waals surface area (Å²) >= 11 is 3.08. The SMILES string of the molecule is O=C(O)COc1ccc(-c2cc(=O)cc(N3CCOCC3)o2)c2c1Sc1ccccc1S2.[NaH]. The van der Waals surface area contributed by atoms with Crippen molar-refractivity contribution >= 4 is 64.9 Å². The van der Waals surface area contributed by atoms with E-state index in [1.165, 1.54) is 23.9 Å². The molecule has 0 bridgehead atoms. The molecule has 0 radical (unpaired) electrons. The average molecular weight is 494 g/mol. The van der Waals surface area contributed by atoms with E-state index in [1.54, 1.807) is 17.8 Å². The van der Waals surface area contributed by atoms with Crippen molar-refractivity contribution in [1.29, 1.82) is 0 Å². The molecule has 2 aliphatic rings. The molecule has 2 aromatic carbocycles. The van der Waals surface area contributed by atoms with Crippen LogP contribution in [0.1, 0.15) is 0 Å². The summed E-state index contributed by atoms with van der Waals surface area (Å²) in [6.45, 7) is 2.06. The predicted molar refractivity (Wildman–Crippen MR) is 128 cm³/mol. The standard InChI is InChI=1S/C23H19NO6S2.Na.H/c25-14-11-17(30-20(12-14)24-7-9-28-10-8-24)15-5-6-16(29-13-21(26)27)23-22(15)31-18-3-1-2-4-19(18)32-23;;/h1-6,11-12H,7-10,13H2,(H,26,27);;. The van der Waals surface area contributed by atoms with E-state index < -0.39 is 12.6 Å². The van der Waals surface area contributed by atoms with Crippen molar-refractivity contribution in [1.82, 2.24) is 0 Å². The van der Waals surface area contributed by atoms with E-state index in [-0.39, 0.29) is 35.0 Å². The summed E-state index contributed by atoms with van der Waals surface area (Å²) in [4.78, 5) is 29.4. The molecule has 0 unspecified atom stereocenters. The average Bonchev–Trinajstić information content (AvgIpc) is 2.81. The van der Waals surface area contributed by atoms with Crippen LogP contribution in [0.25, 0.3) is 11.3 Å². The first-order valence-electron chi connectivity index (χ1n) is 10.0. The number of hydrogen-bond acceptors (Lipinski definition) is 8. The monoisotopic (exact) mass is 493 g/mol. The summed E-state index contributed by atoms with van der Waals surface area (Å²) in [5.74, 6) is 0.433. The van der Waals surface area contributed by atoms with Crippen molar-refractivity contribution in [3.63, 3.8) is 0 Å². The van der Waals surface area contributed by atoms with Crippen LogP contribution in [0.5, 0.6) is 5.75 Å². The quantitative estimate of drug-likeness (QED) is 0.419. The summed E-state index contributed by atoms with van der Waals surface area (Å²) in [6, 6.07) is 14.5. The summed E-state index contributed by atoms with van der Waals surface area (Å²) in [5.41, 5.74) is 0.628. The van der Waals surface area contributed by atoms with E-state index in [9.17, 15) is 9.59 Å². The Morgan fingerprint density at radius 2 is 1.73 bits per heavy atom. The van der Waals surface area contributed by atoms with Gasteiger partial charge in [-0.15, -0.1) is 0 Å². The Labute approximate surface area is 220 Å². The van der Waals surface area contributed by atoms with Crippen LogP contribution in [-0.4, -0.2) is 73.5 Å². The summed E-state index contributed by atoms with van der Waals surface area (Å²) in [7, 11) is 0. The number of carboxylic acids is 1. The molecule has 7 nitrogen and oxygen atoms in total. The second kappa shape index (κ2) is 10.6. The summed E-state index contributed by atoms with van der Waals surface area (Å²) in [6.07, 6.45) is 0. The van der Waals surface area contributed by atoms with Crippen LogP contribution >= 0.6 is 23.5 Å². The van der Waals surface area contributed by atoms with Gasteiger partial charge in [-0.05, 0) is 24.3 Å². The number of ether oxygens (including phenoxy) is 2. The van der Waals surface area contributed by atoms with E-state index in [1.807, 2.05) is 35.2 Å². The van der Waals surface area contributed by atoms with Gasteiger partial charge < -0.3 is 23.9 Å². The second-order valence-electron chi connectivity index (χ2n) is 7.20. The van der Waals surface area contributed by atoms with Crippen LogP contribution in [-0.2, 0) is 9.53 Å². The minimum absolute atomic E-state index is 0. The number of hydrogen-bond donors (Lipinski definition) is 1. The van der Waals surface area contributed by atoms with Crippen molar-refractivity contribution in [3.05, 3.63) is 58.8 Å². The molecule has 1 aromatic heterocycles. The fraction of sp³-hybridized carbons (Fsp3) is 0.217. The Kier molecular flexibility index (Phi) is 7.78. The topological polar surface area (TPSA) is 89.2 Å². The van der Waals surface area contributed by atoms with Gasteiger partial charge in [-0.25, -0.2) is 4.79 Å². The van der Waals surface area contributed by atoms with Gasteiger partial charge in [-0.1, -0.05) is 35.7 Å². The van der Waals surface area contributed by atoms with Crippen LogP contribution in [0.4, 0.5) is 5.88 Å². The molecular weight excluding hydrogens is 473 g/mol. The molecule has 2 aliphatic heterocycles. The molecule has 0 amide bonds. The van der Waals surface area contributed by atoms with Crippen molar-refractivity contribution < 1.29 is 23.8 Å². The molecule has 0 saturated carbocycles. The van der Waals surface area contributed by atoms with Gasteiger partial charge in [0.05, 0.1) is 18.1 Å². The molecule has 3 heterocycles. The van der Waals surface area contributed by atoms with E-state index in [0.717, 1.165) is 25.1 Å². The van der Waals surface area contributed by atoms with Crippen LogP contribution < -0.4 is 15.1 Å². The van der Waals surface area contributed by atoms with Gasteiger partial charge >= 0.3 is 35.5 Å². The van der Waals surface area contributed by atoms with Gasteiger partial charge in [0.2, 0.25) is 0 Å². The molecule has 10 heteroatoms. The molecule has 166 valence electrons. The second-order valence-corrected chi connectivity index (χ2v) is 9.30. The number of aliphatic carboxylic acids is 1. The first-order valence-corrected chi connectivity index (χ1v) is 11.7. The molecule has 0 aliphatic carbocycles. The number of benzene rings is 2. The van der Waals surface area contributed by atoms with Gasteiger partial charge in [-0.2, -0.15) is 0 Å². The number of carbonyl (C=O) groups is 1. The summed E-state index contributed by atoms with van der Waals surface area (Å²) in [5, 5.41) is 9.05. The molecule has 33 heavy (non-hydrogen) atoms. The number of nitrogens with zero attached hydrogens (tertiary/aromatic N) is 1. The maximum atomic E-state index is 12.5. The van der Waals surface area contributed by atoms with Gasteiger partial charge in [0, 0.05) is 45.5 Å². The maximum absolute atomic E-state index is 12.5. The predicted octanol–water partition coefficient (Wildman–Crippen LogP) is 3.57. The first kappa shape index (κ1) is 24.3. The Balaban J connectivity index is 0.00000259. The normalized spacial score (nSPS) is 14.6. The molecule has 1 N–H and O–H groups in total. The third-order valence-electron chi connectivity index (χ3n) is 5.04. The van der Waals surface area contributed by atoms with Crippen LogP contribution in [0.3, 0.4) is 0 Å². The van der Waals surface area contributed by atoms with E-state index >= 15 is 0 Å². The number of morpholine rings is 1. The third kappa shape index (κ3) is 5.29. The van der Waals surface area contributed by atoms with Crippen molar-refractivity contribution in [3.8, 4) is 17.1 Å². The molecule has 5 rings (SSSR count). The molecule has 3 aromatic rings. The van der Waals surface area contributed by atoms with E-state index in [0.29, 0.717) is 43.7 Å². The first-order chi connectivity index (χ1) is 15.6. The van der Waals surface area contributed by atoms with Crippen LogP contribution in [0.15, 0.2) is 77.3 Å². The third-order valence-corrected chi connectivity index (χ3v) is 7.69. The fourth-order valence-corrected chi connectivity index (χ4v) is 6.04. The molecule has 0 spiro atoms. The van der Waals surface area contributed by atoms with E-state index in [4.69, 9.17) is 19.0 Å². The fourth-order valence-electron chi connectivity index (χ4n) is 3.56. The Bertz CT molecular complexity index is 1240. The van der Waals surface area contributed by atoms with E-state index in [2.05, 4.69) is 0 Å². The molecule has 0 atom stereocenters. The van der Waals surface area contributed by atoms with Crippen molar-refractivity contribution in [2.75, 3.05) is 37.8 Å². The van der Waals surface area contributed by atoms with Crippen molar-refractivity contribution in [2.24, 2.45) is 0 Å². The Morgan fingerprint density at radius 1 is 1.03 bits per heavy atom. The van der Waals surface area contributed by atoms with Gasteiger partial charge in [0.1, 0.15) is 11.5 Å². The number of fused-ring (bicyclic) bond motifs is 2. The van der Waals surface area contributed by atoms with Gasteiger partial charge in [0.25, 0.3) is 0 Å². The van der Waals surface area contributed by atoms with Crippen LogP contribution in [0, 0.1) is 0 Å². The Hall–Kier alpha value is -1.88. The zero-order valence-corrected chi connectivity index (χ0v) is 18.5. The van der Waals surface area contributed by atoms with Gasteiger partial charge in [0.15, 0.2) is 17.9 Å². The number of carboxylic acid groups (broad SMARTS) is 1. The zero-order valence-electron chi connectivity index (χ0n) is 16.9. The van der Waals surface area contributed by atoms with Gasteiger partial charge in [-0.3, -0.25) is 4.79 Å². The summed E-state index contributed by atoms with van der Waals surface area (Å²) < 4.78 is 17.2. The zero-order chi connectivity index (χ0) is 22.1. The molecular formula is C23H20NNaO6S2. The number of rotatable bonds is 5. The van der Waals surface area contributed by atoms with Crippen molar-refractivity contribution in [2.45, 2.75) is 19.6 Å².